The van der Waals surface area contributed by atoms with Crippen molar-refractivity contribution < 1.29 is 0 Å². The van der Waals surface area contributed by atoms with E-state index in [2.05, 4.69) is 43.9 Å². The number of aromatic nitrogens is 4. The monoisotopic (exact) mass is 409 g/mol. The van der Waals surface area contributed by atoms with Gasteiger partial charge in [0.25, 0.3) is 5.56 Å². The average molecular weight is 410 g/mol. The molecule has 0 aliphatic carbocycles. The van der Waals surface area contributed by atoms with E-state index in [4.69, 9.17) is 4.98 Å². The molecule has 1 aromatic carbocycles. The maximum absolute atomic E-state index is 13.1. The van der Waals surface area contributed by atoms with Crippen LogP contribution in [0, 0.1) is 18.8 Å². The van der Waals surface area contributed by atoms with Crippen molar-refractivity contribution in [2.75, 3.05) is 13.1 Å². The maximum atomic E-state index is 13.1. The van der Waals surface area contributed by atoms with Crippen LogP contribution < -0.4 is 11.2 Å². The summed E-state index contributed by atoms with van der Waals surface area (Å²) in [6, 6.07) is 8.30. The summed E-state index contributed by atoms with van der Waals surface area (Å²) in [5.41, 5.74) is 2.61. The minimum atomic E-state index is -0.348. The molecule has 0 amide bonds. The third-order valence-electron chi connectivity index (χ3n) is 6.16. The highest BCUT2D eigenvalue weighted by molar-refractivity contribution is 5.71. The molecule has 0 spiro atoms. The fraction of sp³-hybridized carbons (Fsp3) is 0.522. The van der Waals surface area contributed by atoms with Crippen LogP contribution in [0.2, 0.25) is 0 Å². The van der Waals surface area contributed by atoms with Gasteiger partial charge in [0.05, 0.1) is 6.54 Å². The van der Waals surface area contributed by atoms with Gasteiger partial charge in [-0.15, -0.1) is 0 Å². The van der Waals surface area contributed by atoms with Gasteiger partial charge in [-0.2, -0.15) is 0 Å². The van der Waals surface area contributed by atoms with Crippen molar-refractivity contribution in [2.45, 2.75) is 40.3 Å². The molecular weight excluding hydrogens is 378 g/mol. The Bertz CT molecular complexity index is 1190. The van der Waals surface area contributed by atoms with Gasteiger partial charge >= 0.3 is 5.69 Å². The highest BCUT2D eigenvalue weighted by atomic mass is 16.2. The van der Waals surface area contributed by atoms with Crippen LogP contribution in [0.3, 0.4) is 0 Å². The van der Waals surface area contributed by atoms with Crippen LogP contribution in [0.1, 0.15) is 37.2 Å². The maximum Gasteiger partial charge on any atom is 0.332 e. The van der Waals surface area contributed by atoms with E-state index in [0.29, 0.717) is 36.1 Å². The molecule has 7 heteroatoms. The molecule has 0 radical (unpaired) electrons. The quantitative estimate of drug-likeness (QED) is 0.663. The van der Waals surface area contributed by atoms with Gasteiger partial charge in [0, 0.05) is 33.7 Å². The van der Waals surface area contributed by atoms with Crippen molar-refractivity contribution >= 4 is 11.2 Å². The number of imidazole rings is 1. The van der Waals surface area contributed by atoms with Crippen LogP contribution in [0.15, 0.2) is 33.9 Å². The summed E-state index contributed by atoms with van der Waals surface area (Å²) in [6.45, 7) is 9.92. The molecule has 3 heterocycles. The van der Waals surface area contributed by atoms with Crippen LogP contribution in [0.4, 0.5) is 0 Å². The highest BCUT2D eigenvalue weighted by Crippen LogP contribution is 2.23. The zero-order valence-electron chi connectivity index (χ0n) is 18.6. The molecule has 2 aromatic heterocycles. The van der Waals surface area contributed by atoms with E-state index in [9.17, 15) is 9.59 Å². The summed E-state index contributed by atoms with van der Waals surface area (Å²) in [4.78, 5) is 32.8. The molecule has 0 N–H and O–H groups in total. The predicted molar refractivity (Wildman–Crippen MR) is 119 cm³/mol. The molecule has 3 aromatic rings. The van der Waals surface area contributed by atoms with Crippen LogP contribution in [-0.2, 0) is 27.2 Å². The fourth-order valence-electron chi connectivity index (χ4n) is 4.90. The highest BCUT2D eigenvalue weighted by Gasteiger charge is 2.25. The van der Waals surface area contributed by atoms with E-state index in [0.717, 1.165) is 24.5 Å². The number of hydrogen-bond acceptors (Lipinski definition) is 4. The van der Waals surface area contributed by atoms with Crippen LogP contribution >= 0.6 is 0 Å². The zero-order chi connectivity index (χ0) is 21.6. The number of likely N-dealkylation sites (tertiary alicyclic amines) is 1. The molecule has 1 aliphatic heterocycles. The molecular formula is C23H31N5O2. The second-order valence-electron chi connectivity index (χ2n) is 9.12. The van der Waals surface area contributed by atoms with E-state index in [1.807, 2.05) is 10.6 Å². The summed E-state index contributed by atoms with van der Waals surface area (Å²) in [5.74, 6) is 2.12. The van der Waals surface area contributed by atoms with Crippen molar-refractivity contribution in [3.05, 3.63) is 62.1 Å². The van der Waals surface area contributed by atoms with Crippen molar-refractivity contribution in [1.29, 1.82) is 0 Å². The van der Waals surface area contributed by atoms with Crippen LogP contribution in [0.5, 0.6) is 0 Å². The molecule has 2 atom stereocenters. The van der Waals surface area contributed by atoms with Gasteiger partial charge in [-0.3, -0.25) is 18.8 Å². The van der Waals surface area contributed by atoms with Gasteiger partial charge in [0.2, 0.25) is 0 Å². The average Bonchev–Trinajstić information content (AvgIpc) is 3.02. The molecule has 0 unspecified atom stereocenters. The minimum absolute atomic E-state index is 0.292. The van der Waals surface area contributed by atoms with E-state index in [-0.39, 0.29) is 11.2 Å². The van der Waals surface area contributed by atoms with Gasteiger partial charge in [0.15, 0.2) is 11.2 Å². The third kappa shape index (κ3) is 3.74. The topological polar surface area (TPSA) is 65.1 Å². The lowest BCUT2D eigenvalue weighted by molar-refractivity contribution is 0.130. The van der Waals surface area contributed by atoms with E-state index >= 15 is 0 Å². The largest absolute Gasteiger partial charge is 0.332 e. The number of piperidine rings is 1. The summed E-state index contributed by atoms with van der Waals surface area (Å²) in [5, 5.41) is 0. The van der Waals surface area contributed by atoms with E-state index in [1.165, 1.54) is 28.2 Å². The first-order valence-electron chi connectivity index (χ1n) is 10.7. The Labute approximate surface area is 176 Å². The Hall–Kier alpha value is -2.67. The number of nitrogens with zero attached hydrogens (tertiary/aromatic N) is 5. The van der Waals surface area contributed by atoms with Crippen molar-refractivity contribution in [1.82, 2.24) is 23.6 Å². The second-order valence-corrected chi connectivity index (χ2v) is 9.12. The van der Waals surface area contributed by atoms with Gasteiger partial charge in [-0.1, -0.05) is 43.7 Å². The first-order chi connectivity index (χ1) is 14.2. The lowest BCUT2D eigenvalue weighted by Gasteiger charge is -2.34. The van der Waals surface area contributed by atoms with Crippen molar-refractivity contribution in [2.24, 2.45) is 25.9 Å². The smallest absolute Gasteiger partial charge is 0.317 e. The Morgan fingerprint density at radius 1 is 1.03 bits per heavy atom. The predicted octanol–water partition coefficient (Wildman–Crippen LogP) is 2.27. The number of rotatable bonds is 4. The molecule has 30 heavy (non-hydrogen) atoms. The Balaban J connectivity index is 1.86. The summed E-state index contributed by atoms with van der Waals surface area (Å²) in [7, 11) is 3.21. The molecule has 160 valence electrons. The van der Waals surface area contributed by atoms with Crippen LogP contribution in [-0.4, -0.2) is 36.7 Å². The fourth-order valence-corrected chi connectivity index (χ4v) is 4.90. The molecule has 4 rings (SSSR count). The SMILES string of the molecule is Cc1cccc(Cn2c(CN3C[C@H](C)C[C@@H](C)C3)nc3c2c(=O)n(C)c(=O)n3C)c1. The number of hydrogen-bond donors (Lipinski definition) is 0. The number of fused-ring (bicyclic) bond motifs is 1. The molecule has 1 saturated heterocycles. The first-order valence-corrected chi connectivity index (χ1v) is 10.7. The Morgan fingerprint density at radius 3 is 2.40 bits per heavy atom. The molecule has 1 aliphatic rings. The lowest BCUT2D eigenvalue weighted by Crippen LogP contribution is -2.39. The van der Waals surface area contributed by atoms with Crippen molar-refractivity contribution in [3.63, 3.8) is 0 Å². The molecule has 1 fully saturated rings. The Morgan fingerprint density at radius 2 is 1.73 bits per heavy atom. The van der Waals surface area contributed by atoms with Gasteiger partial charge < -0.3 is 4.57 Å². The number of benzene rings is 1. The van der Waals surface area contributed by atoms with Gasteiger partial charge in [-0.25, -0.2) is 9.78 Å². The normalized spacial score (nSPS) is 20.2. The van der Waals surface area contributed by atoms with Gasteiger partial charge in [0.1, 0.15) is 5.82 Å². The number of aryl methyl sites for hydroxylation is 2. The standard InChI is InChI=1S/C23H31N5O2/c1-15-7-6-8-18(10-15)13-28-19(14-27-11-16(2)9-17(3)12-27)24-21-20(28)22(29)26(5)23(30)25(21)4/h6-8,10,16-17H,9,11-14H2,1-5H3/t16-,17-/m1/s1. The zero-order valence-corrected chi connectivity index (χ0v) is 18.6. The van der Waals surface area contributed by atoms with Crippen LogP contribution in [0.25, 0.3) is 11.2 Å². The summed E-state index contributed by atoms with van der Waals surface area (Å²) >= 11 is 0. The summed E-state index contributed by atoms with van der Waals surface area (Å²) in [6.07, 6.45) is 1.24. The lowest BCUT2D eigenvalue weighted by atomic mass is 9.92. The van der Waals surface area contributed by atoms with E-state index in [1.54, 1.807) is 7.05 Å². The summed E-state index contributed by atoms with van der Waals surface area (Å²) < 4.78 is 4.66. The molecule has 0 bridgehead atoms. The first kappa shape index (κ1) is 20.6. The minimum Gasteiger partial charge on any atom is -0.317 e. The molecule has 7 nitrogen and oxygen atoms in total. The van der Waals surface area contributed by atoms with Gasteiger partial charge in [-0.05, 0) is 30.7 Å². The van der Waals surface area contributed by atoms with E-state index < -0.39 is 0 Å². The third-order valence-corrected chi connectivity index (χ3v) is 6.16. The Kier molecular flexibility index (Phi) is 5.40. The van der Waals surface area contributed by atoms with Crippen molar-refractivity contribution in [3.8, 4) is 0 Å². The second kappa shape index (κ2) is 7.87. The molecule has 0 saturated carbocycles.